The zero-order valence-corrected chi connectivity index (χ0v) is 7.76. The van der Waals surface area contributed by atoms with Crippen molar-refractivity contribution in [2.24, 2.45) is 0 Å². The van der Waals surface area contributed by atoms with E-state index in [1.54, 1.807) is 5.57 Å². The highest BCUT2D eigenvalue weighted by Crippen LogP contribution is 2.31. The number of hydrogen-bond donors (Lipinski definition) is 0. The van der Waals surface area contributed by atoms with Gasteiger partial charge in [0.1, 0.15) is 0 Å². The van der Waals surface area contributed by atoms with E-state index in [9.17, 15) is 0 Å². The van der Waals surface area contributed by atoms with Gasteiger partial charge in [-0.05, 0) is 26.0 Å². The van der Waals surface area contributed by atoms with Gasteiger partial charge in [0.25, 0.3) is 0 Å². The lowest BCUT2D eigenvalue weighted by molar-refractivity contribution is 1.04. The predicted molar refractivity (Wildman–Crippen MR) is 54.6 cm³/mol. The fourth-order valence-corrected chi connectivity index (χ4v) is 3.29. The summed E-state index contributed by atoms with van der Waals surface area (Å²) in [6.07, 6.45) is 1.23. The van der Waals surface area contributed by atoms with Gasteiger partial charge < -0.3 is 0 Å². The third-order valence-corrected chi connectivity index (χ3v) is 4.28. The van der Waals surface area contributed by atoms with Gasteiger partial charge in [-0.1, -0.05) is 22.9 Å². The molecule has 1 heteroatoms. The van der Waals surface area contributed by atoms with E-state index in [1.807, 2.05) is 0 Å². The van der Waals surface area contributed by atoms with Crippen molar-refractivity contribution in [2.75, 3.05) is 11.5 Å². The summed E-state index contributed by atoms with van der Waals surface area (Å²) in [7, 11) is -0.723. The van der Waals surface area contributed by atoms with Crippen LogP contribution in [0.1, 0.15) is 20.3 Å². The zero-order valence-electron chi connectivity index (χ0n) is 6.94. The van der Waals surface area contributed by atoms with Crippen LogP contribution in [0.5, 0.6) is 0 Å². The molecule has 0 nitrogen and oxygen atoms in total. The Morgan fingerprint density at radius 1 is 1.20 bits per heavy atom. The van der Waals surface area contributed by atoms with Gasteiger partial charge in [-0.25, -0.2) is 9.21 Å². The van der Waals surface area contributed by atoms with E-state index >= 15 is 0 Å². The number of allylic oxidation sites excluding steroid dienone is 1. The van der Waals surface area contributed by atoms with Gasteiger partial charge in [0, 0.05) is 5.75 Å². The summed E-state index contributed by atoms with van der Waals surface area (Å²) < 4.78 is 0. The number of rotatable bonds is 0. The molecule has 0 saturated carbocycles. The third kappa shape index (κ3) is 1.66. The third-order valence-electron chi connectivity index (χ3n) is 2.16. The van der Waals surface area contributed by atoms with Gasteiger partial charge in [-0.3, -0.25) is 0 Å². The molecule has 10 heavy (non-hydrogen) atoms. The first-order valence-corrected chi connectivity index (χ1v) is 5.92. The van der Waals surface area contributed by atoms with E-state index in [1.165, 1.54) is 23.5 Å². The Morgan fingerprint density at radius 2 is 1.80 bits per heavy atom. The van der Waals surface area contributed by atoms with Crippen molar-refractivity contribution in [1.29, 1.82) is 0 Å². The van der Waals surface area contributed by atoms with Crippen LogP contribution in [0.3, 0.4) is 0 Å². The lowest BCUT2D eigenvalue weighted by Gasteiger charge is -2.22. The van der Waals surface area contributed by atoms with Crippen LogP contribution >= 0.6 is 9.21 Å². The van der Waals surface area contributed by atoms with Gasteiger partial charge in [0.2, 0.25) is 0 Å². The Kier molecular flexibility index (Phi) is 1.95. The number of hydrogen-bond acceptors (Lipinski definition) is 0. The van der Waals surface area contributed by atoms with E-state index < -0.39 is 9.21 Å². The second-order valence-corrected chi connectivity index (χ2v) is 6.53. The van der Waals surface area contributed by atoms with Gasteiger partial charge in [-0.2, -0.15) is 0 Å². The molecule has 0 fully saturated rings. The molecular formula is C9H16S. The maximum absolute atomic E-state index is 4.15. The Labute approximate surface area is 64.4 Å². The van der Waals surface area contributed by atoms with Crippen LogP contribution in [0.25, 0.3) is 0 Å². The van der Waals surface area contributed by atoms with E-state index in [0.717, 1.165) is 0 Å². The Bertz CT molecular complexity index is 252. The monoisotopic (exact) mass is 156 g/mol. The summed E-state index contributed by atoms with van der Waals surface area (Å²) in [5.41, 5.74) is 3.10. The Hall–Kier alpha value is -0.170. The van der Waals surface area contributed by atoms with Crippen LogP contribution in [-0.2, 0) is 0 Å². The van der Waals surface area contributed by atoms with Crippen molar-refractivity contribution in [3.63, 3.8) is 0 Å². The molecule has 1 aliphatic heterocycles. The summed E-state index contributed by atoms with van der Waals surface area (Å²) >= 11 is 0. The van der Waals surface area contributed by atoms with Crippen molar-refractivity contribution in [3.8, 4) is 0 Å². The molecule has 0 aromatic heterocycles. The minimum atomic E-state index is -0.723. The van der Waals surface area contributed by atoms with Crippen LogP contribution in [0.4, 0.5) is 0 Å². The highest BCUT2D eigenvalue weighted by molar-refractivity contribution is 8.27. The molecule has 1 rings (SSSR count). The standard InChI is InChI=1S/C9H16S/c1-8-5-6-10(3,4)7-9(8)2/h3-7H2,1-2H3. The SMILES string of the molecule is C=S1(=C)CCC(C)=C(C)C1. The quantitative estimate of drug-likeness (QED) is 0.373. The van der Waals surface area contributed by atoms with Crippen LogP contribution in [0, 0.1) is 0 Å². The fourth-order valence-electron chi connectivity index (χ4n) is 1.24. The first-order valence-electron chi connectivity index (χ1n) is 3.61. The lowest BCUT2D eigenvalue weighted by Crippen LogP contribution is -2.04. The molecule has 0 aromatic carbocycles. The van der Waals surface area contributed by atoms with Crippen LogP contribution in [0.15, 0.2) is 11.1 Å². The highest BCUT2D eigenvalue weighted by Gasteiger charge is 2.08. The molecule has 58 valence electrons. The molecule has 0 aliphatic carbocycles. The largest absolute Gasteiger partial charge is 0.210 e. The molecule has 0 radical (unpaired) electrons. The summed E-state index contributed by atoms with van der Waals surface area (Å²) in [5.74, 6) is 10.7. The topological polar surface area (TPSA) is 0 Å². The van der Waals surface area contributed by atoms with Crippen LogP contribution < -0.4 is 0 Å². The van der Waals surface area contributed by atoms with Crippen molar-refractivity contribution in [1.82, 2.24) is 0 Å². The van der Waals surface area contributed by atoms with Gasteiger partial charge in [0.05, 0.1) is 0 Å². The fraction of sp³-hybridized carbons (Fsp3) is 0.556. The Balaban J connectivity index is 2.93. The van der Waals surface area contributed by atoms with E-state index in [-0.39, 0.29) is 0 Å². The van der Waals surface area contributed by atoms with Gasteiger partial charge in [0.15, 0.2) is 0 Å². The van der Waals surface area contributed by atoms with E-state index in [4.69, 9.17) is 0 Å². The molecule has 1 heterocycles. The molecule has 0 amide bonds. The first kappa shape index (κ1) is 7.93. The zero-order chi connectivity index (χ0) is 7.78. The average Bonchev–Trinajstić information content (AvgIpc) is 1.79. The van der Waals surface area contributed by atoms with E-state index in [2.05, 4.69) is 25.6 Å². The highest BCUT2D eigenvalue weighted by atomic mass is 32.2. The van der Waals surface area contributed by atoms with Crippen LogP contribution in [-0.4, -0.2) is 23.2 Å². The molecule has 0 unspecified atom stereocenters. The molecule has 0 bridgehead atoms. The first-order chi connectivity index (χ1) is 4.51. The second-order valence-electron chi connectivity index (χ2n) is 3.38. The maximum atomic E-state index is 4.15. The summed E-state index contributed by atoms with van der Waals surface area (Å²) in [6, 6.07) is 0. The van der Waals surface area contributed by atoms with E-state index in [0.29, 0.717) is 0 Å². The molecule has 0 N–H and O–H groups in total. The van der Waals surface area contributed by atoms with Crippen molar-refractivity contribution >= 4 is 20.9 Å². The second kappa shape index (κ2) is 2.46. The smallest absolute Gasteiger partial charge is 0.00411 e. The normalized spacial score (nSPS) is 25.0. The average molecular weight is 156 g/mol. The summed E-state index contributed by atoms with van der Waals surface area (Å²) in [6.45, 7) is 4.44. The summed E-state index contributed by atoms with van der Waals surface area (Å²) in [4.78, 5) is 0. The minimum absolute atomic E-state index is 0.723. The van der Waals surface area contributed by atoms with Gasteiger partial charge >= 0.3 is 0 Å². The molecule has 0 atom stereocenters. The molecule has 0 saturated heterocycles. The predicted octanol–water partition coefficient (Wildman–Crippen LogP) is 2.40. The molecular weight excluding hydrogens is 140 g/mol. The van der Waals surface area contributed by atoms with Crippen LogP contribution in [0.2, 0.25) is 0 Å². The lowest BCUT2D eigenvalue weighted by atomic mass is 10.1. The minimum Gasteiger partial charge on any atom is -0.210 e. The molecule has 0 spiro atoms. The maximum Gasteiger partial charge on any atom is 0.00411 e. The molecule has 1 aliphatic rings. The van der Waals surface area contributed by atoms with Crippen molar-refractivity contribution in [2.45, 2.75) is 20.3 Å². The Morgan fingerprint density at radius 3 is 2.20 bits per heavy atom. The summed E-state index contributed by atoms with van der Waals surface area (Å²) in [5, 5.41) is 0. The van der Waals surface area contributed by atoms with Crippen molar-refractivity contribution < 1.29 is 0 Å². The van der Waals surface area contributed by atoms with Crippen molar-refractivity contribution in [3.05, 3.63) is 11.1 Å². The molecule has 0 aromatic rings. The van der Waals surface area contributed by atoms with Gasteiger partial charge in [-0.15, -0.1) is 0 Å².